The van der Waals surface area contributed by atoms with Crippen LogP contribution >= 0.6 is 0 Å². The average Bonchev–Trinajstić information content (AvgIpc) is 2.75. The van der Waals surface area contributed by atoms with Gasteiger partial charge in [0.2, 0.25) is 0 Å². The normalized spacial score (nSPS) is 16.4. The van der Waals surface area contributed by atoms with Crippen LogP contribution < -0.4 is 0 Å². The summed E-state index contributed by atoms with van der Waals surface area (Å²) in [7, 11) is 0. The number of hydrogen-bond acceptors (Lipinski definition) is 2. The summed E-state index contributed by atoms with van der Waals surface area (Å²) in [6, 6.07) is 20.6. The maximum atomic E-state index is 12.6. The van der Waals surface area contributed by atoms with Gasteiger partial charge in [0.1, 0.15) is 0 Å². The minimum absolute atomic E-state index is 0.204. The van der Waals surface area contributed by atoms with Crippen LogP contribution in [0.2, 0.25) is 0 Å². The van der Waals surface area contributed by atoms with E-state index in [1.165, 1.54) is 32.1 Å². The zero-order valence-corrected chi connectivity index (χ0v) is 16.8. The van der Waals surface area contributed by atoms with Crippen LogP contribution in [0, 0.1) is 5.92 Å². The Bertz CT molecular complexity index is 799. The molecule has 2 nitrogen and oxygen atoms in total. The van der Waals surface area contributed by atoms with E-state index in [2.05, 4.69) is 49.1 Å². The van der Waals surface area contributed by atoms with Crippen LogP contribution in [-0.2, 0) is 9.53 Å². The Hall–Kier alpha value is -2.61. The van der Waals surface area contributed by atoms with E-state index in [9.17, 15) is 4.79 Å². The second kappa shape index (κ2) is 10.1. The maximum absolute atomic E-state index is 12.6. The molecule has 0 saturated heterocycles. The monoisotopic (exact) mass is 374 g/mol. The zero-order chi connectivity index (χ0) is 19.8. The number of ether oxygens (including phenoxy) is 1. The lowest BCUT2D eigenvalue weighted by atomic mass is 9.78. The van der Waals surface area contributed by atoms with Gasteiger partial charge < -0.3 is 4.74 Å². The van der Waals surface area contributed by atoms with Crippen molar-refractivity contribution in [2.45, 2.75) is 44.9 Å². The number of carbonyl (C=O) groups excluding carboxylic acids is 1. The predicted molar refractivity (Wildman–Crippen MR) is 116 cm³/mol. The molecule has 1 atom stereocenters. The van der Waals surface area contributed by atoms with E-state index in [0.29, 0.717) is 18.1 Å². The quantitative estimate of drug-likeness (QED) is 0.405. The number of esters is 1. The van der Waals surface area contributed by atoms with Crippen LogP contribution in [0.5, 0.6) is 0 Å². The van der Waals surface area contributed by atoms with Gasteiger partial charge in [-0.25, -0.2) is 4.79 Å². The molecule has 0 N–H and O–H groups in total. The molecule has 2 aromatic carbocycles. The van der Waals surface area contributed by atoms with Gasteiger partial charge in [0.25, 0.3) is 0 Å². The number of rotatable bonds is 7. The van der Waals surface area contributed by atoms with Crippen LogP contribution in [0.4, 0.5) is 0 Å². The van der Waals surface area contributed by atoms with Crippen molar-refractivity contribution in [3.8, 4) is 0 Å². The fourth-order valence-electron chi connectivity index (χ4n) is 4.10. The lowest BCUT2D eigenvalue weighted by Gasteiger charge is -2.26. The van der Waals surface area contributed by atoms with Crippen molar-refractivity contribution in [2.24, 2.45) is 5.92 Å². The first-order valence-corrected chi connectivity index (χ1v) is 10.4. The van der Waals surface area contributed by atoms with Gasteiger partial charge in [-0.2, -0.15) is 0 Å². The van der Waals surface area contributed by atoms with Gasteiger partial charge in [-0.3, -0.25) is 0 Å². The van der Waals surface area contributed by atoms with E-state index in [4.69, 9.17) is 4.74 Å². The molecule has 2 heteroatoms. The molecular formula is C26H30O2. The summed E-state index contributed by atoms with van der Waals surface area (Å²) in [5, 5.41) is 0. The first-order chi connectivity index (χ1) is 13.7. The molecule has 0 heterocycles. The predicted octanol–water partition coefficient (Wildman–Crippen LogP) is 6.55. The van der Waals surface area contributed by atoms with Crippen molar-refractivity contribution in [2.75, 3.05) is 6.61 Å². The topological polar surface area (TPSA) is 26.3 Å². The molecule has 1 unspecified atom stereocenters. The largest absolute Gasteiger partial charge is 0.463 e. The number of benzene rings is 2. The molecule has 2 aromatic rings. The lowest BCUT2D eigenvalue weighted by Crippen LogP contribution is -2.16. The molecule has 0 aromatic heterocycles. The molecule has 0 spiro atoms. The highest BCUT2D eigenvalue weighted by Crippen LogP contribution is 2.40. The Morgan fingerprint density at radius 2 is 1.64 bits per heavy atom. The Morgan fingerprint density at radius 1 is 1.04 bits per heavy atom. The summed E-state index contributed by atoms with van der Waals surface area (Å²) in [4.78, 5) is 12.6. The van der Waals surface area contributed by atoms with Crippen molar-refractivity contribution in [3.63, 3.8) is 0 Å². The first kappa shape index (κ1) is 20.1. The van der Waals surface area contributed by atoms with Gasteiger partial charge in [-0.05, 0) is 42.4 Å². The fraction of sp³-hybridized carbons (Fsp3) is 0.346. The Labute approximate surface area is 168 Å². The van der Waals surface area contributed by atoms with Crippen molar-refractivity contribution in [1.29, 1.82) is 0 Å². The maximum Gasteiger partial charge on any atom is 0.334 e. The average molecular weight is 375 g/mol. The molecule has 146 valence electrons. The van der Waals surface area contributed by atoms with E-state index in [-0.39, 0.29) is 11.9 Å². The number of hydrogen-bond donors (Lipinski definition) is 0. The van der Waals surface area contributed by atoms with E-state index >= 15 is 0 Å². The van der Waals surface area contributed by atoms with Crippen molar-refractivity contribution in [1.82, 2.24) is 0 Å². The Kier molecular flexibility index (Phi) is 7.25. The minimum Gasteiger partial charge on any atom is -0.463 e. The standard InChI is InChI=1S/C26H30O2/c1-3-28-26(27)20(2)25(23-17-11-6-12-18-23)24(22-15-9-5-10-16-22)19-21-13-7-4-8-14-21/h5-6,9-12,15-19,21,25H,2-4,7-8,13-14H2,1H3/b24-19+. The van der Waals surface area contributed by atoms with Crippen LogP contribution in [0.3, 0.4) is 0 Å². The third-order valence-corrected chi connectivity index (χ3v) is 5.50. The Morgan fingerprint density at radius 3 is 2.25 bits per heavy atom. The molecule has 1 saturated carbocycles. The van der Waals surface area contributed by atoms with E-state index in [1.54, 1.807) is 0 Å². The highest BCUT2D eigenvalue weighted by atomic mass is 16.5. The van der Waals surface area contributed by atoms with E-state index in [1.807, 2.05) is 31.2 Å². The molecule has 3 rings (SSSR count). The van der Waals surface area contributed by atoms with Crippen LogP contribution in [0.1, 0.15) is 56.1 Å². The SMILES string of the molecule is C=C(C(=O)OCC)C(/C(=C/C1CCCCC1)c1ccccc1)c1ccccc1. The van der Waals surface area contributed by atoms with E-state index in [0.717, 1.165) is 16.7 Å². The van der Waals surface area contributed by atoms with E-state index < -0.39 is 0 Å². The van der Waals surface area contributed by atoms with Gasteiger partial charge in [0.15, 0.2) is 0 Å². The molecule has 0 amide bonds. The summed E-state index contributed by atoms with van der Waals surface area (Å²) in [5.74, 6) is 0.0246. The van der Waals surface area contributed by atoms with Crippen LogP contribution in [-0.4, -0.2) is 12.6 Å². The number of allylic oxidation sites excluding steroid dienone is 2. The summed E-state index contributed by atoms with van der Waals surface area (Å²) in [5.41, 5.74) is 3.88. The van der Waals surface area contributed by atoms with Gasteiger partial charge in [-0.15, -0.1) is 0 Å². The highest BCUT2D eigenvalue weighted by molar-refractivity contribution is 5.94. The second-order valence-electron chi connectivity index (χ2n) is 7.48. The van der Waals surface area contributed by atoms with Crippen LogP contribution in [0.25, 0.3) is 5.57 Å². The molecule has 28 heavy (non-hydrogen) atoms. The summed E-state index contributed by atoms with van der Waals surface area (Å²) >= 11 is 0. The first-order valence-electron chi connectivity index (χ1n) is 10.4. The van der Waals surface area contributed by atoms with Crippen molar-refractivity contribution >= 4 is 11.5 Å². The molecule has 1 fully saturated rings. The van der Waals surface area contributed by atoms with Gasteiger partial charge >= 0.3 is 5.97 Å². The van der Waals surface area contributed by atoms with Crippen molar-refractivity contribution in [3.05, 3.63) is 90.0 Å². The third kappa shape index (κ3) is 5.01. The highest BCUT2D eigenvalue weighted by Gasteiger charge is 2.27. The van der Waals surface area contributed by atoms with Gasteiger partial charge in [0, 0.05) is 11.5 Å². The molecule has 1 aliphatic rings. The molecule has 0 radical (unpaired) electrons. The molecular weight excluding hydrogens is 344 g/mol. The fourth-order valence-corrected chi connectivity index (χ4v) is 4.10. The number of carbonyl (C=O) groups is 1. The van der Waals surface area contributed by atoms with Gasteiger partial charge in [-0.1, -0.05) is 92.6 Å². The zero-order valence-electron chi connectivity index (χ0n) is 16.8. The second-order valence-corrected chi connectivity index (χ2v) is 7.48. The van der Waals surface area contributed by atoms with Crippen molar-refractivity contribution < 1.29 is 9.53 Å². The summed E-state index contributed by atoms with van der Waals surface area (Å²) < 4.78 is 5.32. The van der Waals surface area contributed by atoms with Crippen LogP contribution in [0.15, 0.2) is 78.9 Å². The third-order valence-electron chi connectivity index (χ3n) is 5.50. The van der Waals surface area contributed by atoms with Gasteiger partial charge in [0.05, 0.1) is 6.61 Å². The molecule has 1 aliphatic carbocycles. The smallest absolute Gasteiger partial charge is 0.334 e. The Balaban J connectivity index is 2.09. The molecule has 0 aliphatic heterocycles. The lowest BCUT2D eigenvalue weighted by molar-refractivity contribution is -0.138. The summed E-state index contributed by atoms with van der Waals surface area (Å²) in [6.45, 7) is 6.36. The summed E-state index contributed by atoms with van der Waals surface area (Å²) in [6.07, 6.45) is 8.70. The minimum atomic E-state index is -0.318. The molecule has 0 bridgehead atoms.